The summed E-state index contributed by atoms with van der Waals surface area (Å²) >= 11 is 0. The molecule has 1 aromatic rings. The zero-order valence-electron chi connectivity index (χ0n) is 12.3. The lowest BCUT2D eigenvalue weighted by Crippen LogP contribution is -2.48. The van der Waals surface area contributed by atoms with Gasteiger partial charge in [-0.1, -0.05) is 31.2 Å². The fourth-order valence-corrected chi connectivity index (χ4v) is 2.89. The summed E-state index contributed by atoms with van der Waals surface area (Å²) in [4.78, 5) is 5.05. The van der Waals surface area contributed by atoms with Gasteiger partial charge in [0.15, 0.2) is 0 Å². The Bertz CT molecular complexity index is 383. The summed E-state index contributed by atoms with van der Waals surface area (Å²) in [7, 11) is 0. The van der Waals surface area contributed by atoms with E-state index in [1.54, 1.807) is 0 Å². The van der Waals surface area contributed by atoms with E-state index in [9.17, 15) is 0 Å². The molecule has 1 fully saturated rings. The van der Waals surface area contributed by atoms with E-state index in [1.807, 2.05) is 0 Å². The van der Waals surface area contributed by atoms with Crippen LogP contribution in [0.4, 0.5) is 0 Å². The third-order valence-corrected chi connectivity index (χ3v) is 4.05. The lowest BCUT2D eigenvalue weighted by Gasteiger charge is -2.35. The minimum Gasteiger partial charge on any atom is -0.323 e. The van der Waals surface area contributed by atoms with Crippen LogP contribution in [0.1, 0.15) is 30.5 Å². The number of benzene rings is 1. The molecule has 3 nitrogen and oxygen atoms in total. The molecular formula is C16H27N3. The molecule has 0 spiro atoms. The summed E-state index contributed by atoms with van der Waals surface area (Å²) in [5, 5.41) is 0. The summed E-state index contributed by atoms with van der Waals surface area (Å²) in [6, 6.07) is 8.61. The first-order valence-electron chi connectivity index (χ1n) is 7.46. The van der Waals surface area contributed by atoms with Crippen LogP contribution in [-0.2, 0) is 0 Å². The molecule has 1 aliphatic rings. The van der Waals surface area contributed by atoms with E-state index in [-0.39, 0.29) is 6.04 Å². The first kappa shape index (κ1) is 14.5. The molecule has 106 valence electrons. The summed E-state index contributed by atoms with van der Waals surface area (Å²) in [6.45, 7) is 11.3. The Balaban J connectivity index is 1.84. The molecule has 1 aliphatic heterocycles. The van der Waals surface area contributed by atoms with Crippen molar-refractivity contribution < 1.29 is 0 Å². The molecule has 0 saturated carbocycles. The van der Waals surface area contributed by atoms with Crippen LogP contribution < -0.4 is 5.73 Å². The smallest absolute Gasteiger partial charge is 0.0426 e. The first-order chi connectivity index (χ1) is 9.20. The number of nitrogens with two attached hydrogens (primary N) is 1. The molecule has 1 aromatic carbocycles. The average Bonchev–Trinajstić information content (AvgIpc) is 2.42. The summed E-state index contributed by atoms with van der Waals surface area (Å²) in [6.07, 6.45) is 1.25. The maximum Gasteiger partial charge on any atom is 0.0426 e. The molecule has 0 amide bonds. The van der Waals surface area contributed by atoms with Crippen LogP contribution in [-0.4, -0.2) is 49.1 Å². The lowest BCUT2D eigenvalue weighted by atomic mass is 10.0. The van der Waals surface area contributed by atoms with E-state index >= 15 is 0 Å². The van der Waals surface area contributed by atoms with Gasteiger partial charge < -0.3 is 10.6 Å². The van der Waals surface area contributed by atoms with Crippen molar-refractivity contribution in [3.05, 3.63) is 35.4 Å². The predicted molar refractivity (Wildman–Crippen MR) is 81.3 cm³/mol. The summed E-state index contributed by atoms with van der Waals surface area (Å²) in [5.41, 5.74) is 8.96. The number of hydrogen-bond donors (Lipinski definition) is 1. The Morgan fingerprint density at radius 1 is 1.11 bits per heavy atom. The average molecular weight is 261 g/mol. The van der Waals surface area contributed by atoms with E-state index < -0.39 is 0 Å². The largest absolute Gasteiger partial charge is 0.323 e. The van der Waals surface area contributed by atoms with Gasteiger partial charge in [0.25, 0.3) is 0 Å². The minimum absolute atomic E-state index is 0.138. The van der Waals surface area contributed by atoms with Crippen molar-refractivity contribution >= 4 is 0 Å². The van der Waals surface area contributed by atoms with Gasteiger partial charge >= 0.3 is 0 Å². The van der Waals surface area contributed by atoms with Crippen LogP contribution in [0.3, 0.4) is 0 Å². The van der Waals surface area contributed by atoms with Gasteiger partial charge in [-0.25, -0.2) is 0 Å². The second kappa shape index (κ2) is 7.04. The van der Waals surface area contributed by atoms with Gasteiger partial charge in [0.2, 0.25) is 0 Å². The van der Waals surface area contributed by atoms with Gasteiger partial charge in [0, 0.05) is 38.8 Å². The summed E-state index contributed by atoms with van der Waals surface area (Å²) < 4.78 is 0. The van der Waals surface area contributed by atoms with Crippen LogP contribution in [0.25, 0.3) is 0 Å². The molecule has 1 unspecified atom stereocenters. The van der Waals surface area contributed by atoms with E-state index in [2.05, 4.69) is 47.9 Å². The van der Waals surface area contributed by atoms with E-state index in [1.165, 1.54) is 37.2 Å². The number of piperazine rings is 1. The summed E-state index contributed by atoms with van der Waals surface area (Å²) in [5.74, 6) is 0. The number of hydrogen-bond acceptors (Lipinski definition) is 3. The maximum atomic E-state index is 6.36. The molecular weight excluding hydrogens is 234 g/mol. The van der Waals surface area contributed by atoms with E-state index in [4.69, 9.17) is 5.73 Å². The van der Waals surface area contributed by atoms with Crippen LogP contribution in [0, 0.1) is 6.92 Å². The minimum atomic E-state index is 0.138. The zero-order chi connectivity index (χ0) is 13.7. The van der Waals surface area contributed by atoms with E-state index in [0.29, 0.717) is 0 Å². The molecule has 19 heavy (non-hydrogen) atoms. The Kier molecular flexibility index (Phi) is 5.37. The number of rotatable bonds is 5. The highest BCUT2D eigenvalue weighted by Crippen LogP contribution is 2.17. The van der Waals surface area contributed by atoms with Crippen molar-refractivity contribution in [2.75, 3.05) is 39.3 Å². The van der Waals surface area contributed by atoms with Gasteiger partial charge in [0.05, 0.1) is 0 Å². The van der Waals surface area contributed by atoms with Gasteiger partial charge in [0.1, 0.15) is 0 Å². The van der Waals surface area contributed by atoms with E-state index in [0.717, 1.165) is 19.6 Å². The van der Waals surface area contributed by atoms with Crippen molar-refractivity contribution in [1.82, 2.24) is 9.80 Å². The van der Waals surface area contributed by atoms with Crippen molar-refractivity contribution in [1.29, 1.82) is 0 Å². The topological polar surface area (TPSA) is 32.5 Å². The Hall–Kier alpha value is -0.900. The van der Waals surface area contributed by atoms with Crippen molar-refractivity contribution in [2.45, 2.75) is 26.3 Å². The SMILES string of the molecule is CCCN1CCN(CC(N)c2ccccc2C)CC1. The molecule has 0 radical (unpaired) electrons. The van der Waals surface area contributed by atoms with Crippen LogP contribution >= 0.6 is 0 Å². The van der Waals surface area contributed by atoms with Crippen LogP contribution in [0.2, 0.25) is 0 Å². The fraction of sp³-hybridized carbons (Fsp3) is 0.625. The highest BCUT2D eigenvalue weighted by molar-refractivity contribution is 5.28. The molecule has 3 heteroatoms. The standard InChI is InChI=1S/C16H27N3/c1-3-8-18-9-11-19(12-10-18)13-16(17)15-7-5-4-6-14(15)2/h4-7,16H,3,8-13,17H2,1-2H3. The van der Waals surface area contributed by atoms with Gasteiger partial charge in [-0.2, -0.15) is 0 Å². The molecule has 0 aromatic heterocycles. The molecule has 0 aliphatic carbocycles. The zero-order valence-corrected chi connectivity index (χ0v) is 12.3. The van der Waals surface area contributed by atoms with Gasteiger partial charge in [-0.3, -0.25) is 4.90 Å². The highest BCUT2D eigenvalue weighted by atomic mass is 15.3. The molecule has 1 saturated heterocycles. The quantitative estimate of drug-likeness (QED) is 0.880. The molecule has 2 rings (SSSR count). The predicted octanol–water partition coefficient (Wildman–Crippen LogP) is 2.02. The van der Waals surface area contributed by atoms with Crippen LogP contribution in [0.15, 0.2) is 24.3 Å². The first-order valence-corrected chi connectivity index (χ1v) is 7.46. The number of aryl methyl sites for hydroxylation is 1. The monoisotopic (exact) mass is 261 g/mol. The van der Waals surface area contributed by atoms with Gasteiger partial charge in [-0.05, 0) is 31.0 Å². The van der Waals surface area contributed by atoms with Crippen molar-refractivity contribution in [2.24, 2.45) is 5.73 Å². The second-order valence-electron chi connectivity index (χ2n) is 5.61. The van der Waals surface area contributed by atoms with Crippen LogP contribution in [0.5, 0.6) is 0 Å². The van der Waals surface area contributed by atoms with Gasteiger partial charge in [-0.15, -0.1) is 0 Å². The third-order valence-electron chi connectivity index (χ3n) is 4.05. The Morgan fingerprint density at radius 3 is 2.37 bits per heavy atom. The molecule has 2 N–H and O–H groups in total. The maximum absolute atomic E-state index is 6.36. The molecule has 0 bridgehead atoms. The lowest BCUT2D eigenvalue weighted by molar-refractivity contribution is 0.127. The normalized spacial score (nSPS) is 19.5. The second-order valence-corrected chi connectivity index (χ2v) is 5.61. The fourth-order valence-electron chi connectivity index (χ4n) is 2.89. The molecule has 1 heterocycles. The number of nitrogens with zero attached hydrogens (tertiary/aromatic N) is 2. The third kappa shape index (κ3) is 4.03. The van der Waals surface area contributed by atoms with Crippen molar-refractivity contribution in [3.63, 3.8) is 0 Å². The van der Waals surface area contributed by atoms with Crippen molar-refractivity contribution in [3.8, 4) is 0 Å². The highest BCUT2D eigenvalue weighted by Gasteiger charge is 2.19. The Labute approximate surface area is 117 Å². The Morgan fingerprint density at radius 2 is 1.74 bits per heavy atom. The molecule has 1 atom stereocenters.